The molecule has 96 valence electrons. The zero-order valence-corrected chi connectivity index (χ0v) is 11.1. The van der Waals surface area contributed by atoms with Crippen molar-refractivity contribution in [1.82, 2.24) is 15.2 Å². The Morgan fingerprint density at radius 2 is 2.41 bits per heavy atom. The van der Waals surface area contributed by atoms with Gasteiger partial charge in [-0.25, -0.2) is 4.98 Å². The molecule has 0 bridgehead atoms. The lowest BCUT2D eigenvalue weighted by Crippen LogP contribution is -2.53. The molecule has 1 aromatic rings. The molecule has 1 saturated heterocycles. The summed E-state index contributed by atoms with van der Waals surface area (Å²) in [5, 5.41) is 3.46. The molecule has 0 spiro atoms. The van der Waals surface area contributed by atoms with Crippen molar-refractivity contribution >= 4 is 0 Å². The van der Waals surface area contributed by atoms with Crippen molar-refractivity contribution < 1.29 is 4.42 Å². The van der Waals surface area contributed by atoms with Crippen LogP contribution >= 0.6 is 0 Å². The number of oxazole rings is 1. The van der Waals surface area contributed by atoms with Crippen molar-refractivity contribution in [3.05, 3.63) is 17.8 Å². The standard InChI is InChI=1S/C13H23N3O/c1-4-11-7-15-13(17-11)9-16-6-5-14-8-12(16)10(2)3/h7,10,12,14H,4-6,8-9H2,1-3H3. The van der Waals surface area contributed by atoms with Gasteiger partial charge in [0.25, 0.3) is 0 Å². The highest BCUT2D eigenvalue weighted by Gasteiger charge is 2.25. The maximum atomic E-state index is 5.69. The normalized spacial score (nSPS) is 22.2. The largest absolute Gasteiger partial charge is 0.444 e. The Balaban J connectivity index is 2.00. The minimum absolute atomic E-state index is 0.584. The van der Waals surface area contributed by atoms with E-state index in [-0.39, 0.29) is 0 Å². The van der Waals surface area contributed by atoms with Crippen molar-refractivity contribution in [3.63, 3.8) is 0 Å². The molecule has 17 heavy (non-hydrogen) atoms. The second-order valence-corrected chi connectivity index (χ2v) is 5.06. The highest BCUT2D eigenvalue weighted by Crippen LogP contribution is 2.16. The molecule has 1 aromatic heterocycles. The first-order valence-electron chi connectivity index (χ1n) is 6.59. The molecular formula is C13H23N3O. The van der Waals surface area contributed by atoms with Crippen LogP contribution in [0.25, 0.3) is 0 Å². The Labute approximate surface area is 103 Å². The van der Waals surface area contributed by atoms with Gasteiger partial charge in [0.1, 0.15) is 5.76 Å². The summed E-state index contributed by atoms with van der Waals surface area (Å²) in [6.45, 7) is 10.7. The van der Waals surface area contributed by atoms with Gasteiger partial charge in [-0.2, -0.15) is 0 Å². The number of piperazine rings is 1. The smallest absolute Gasteiger partial charge is 0.208 e. The Morgan fingerprint density at radius 1 is 1.59 bits per heavy atom. The monoisotopic (exact) mass is 237 g/mol. The van der Waals surface area contributed by atoms with Crippen LogP contribution in [0, 0.1) is 5.92 Å². The van der Waals surface area contributed by atoms with Gasteiger partial charge in [-0.15, -0.1) is 0 Å². The minimum Gasteiger partial charge on any atom is -0.444 e. The number of nitrogens with one attached hydrogen (secondary N) is 1. The van der Waals surface area contributed by atoms with Crippen LogP contribution in [0.5, 0.6) is 0 Å². The fourth-order valence-corrected chi connectivity index (χ4v) is 2.38. The summed E-state index contributed by atoms with van der Waals surface area (Å²) in [4.78, 5) is 6.82. The van der Waals surface area contributed by atoms with Gasteiger partial charge < -0.3 is 9.73 Å². The van der Waals surface area contributed by atoms with Gasteiger partial charge in [0.2, 0.25) is 5.89 Å². The first-order valence-corrected chi connectivity index (χ1v) is 6.59. The summed E-state index contributed by atoms with van der Waals surface area (Å²) in [7, 11) is 0. The molecule has 1 aliphatic rings. The van der Waals surface area contributed by atoms with Crippen LogP contribution in [-0.4, -0.2) is 35.6 Å². The predicted molar refractivity (Wildman–Crippen MR) is 67.8 cm³/mol. The third kappa shape index (κ3) is 3.07. The van der Waals surface area contributed by atoms with Crippen molar-refractivity contribution in [2.24, 2.45) is 5.92 Å². The van der Waals surface area contributed by atoms with Crippen molar-refractivity contribution in [1.29, 1.82) is 0 Å². The maximum Gasteiger partial charge on any atom is 0.208 e. The summed E-state index contributed by atoms with van der Waals surface area (Å²) in [5.41, 5.74) is 0. The zero-order valence-electron chi connectivity index (χ0n) is 11.1. The molecule has 0 radical (unpaired) electrons. The number of hydrogen-bond acceptors (Lipinski definition) is 4. The lowest BCUT2D eigenvalue weighted by atomic mass is 10.0. The molecule has 1 unspecified atom stereocenters. The Morgan fingerprint density at radius 3 is 3.06 bits per heavy atom. The predicted octanol–water partition coefficient (Wildman–Crippen LogP) is 1.67. The highest BCUT2D eigenvalue weighted by atomic mass is 16.4. The van der Waals surface area contributed by atoms with Gasteiger partial charge in [-0.05, 0) is 5.92 Å². The van der Waals surface area contributed by atoms with E-state index < -0.39 is 0 Å². The average Bonchev–Trinajstić information content (AvgIpc) is 2.77. The van der Waals surface area contributed by atoms with E-state index >= 15 is 0 Å². The van der Waals surface area contributed by atoms with Crippen LogP contribution in [0.4, 0.5) is 0 Å². The molecule has 0 amide bonds. The third-order valence-electron chi connectivity index (χ3n) is 3.46. The first-order chi connectivity index (χ1) is 8.20. The fourth-order valence-electron chi connectivity index (χ4n) is 2.38. The van der Waals surface area contributed by atoms with Gasteiger partial charge in [-0.3, -0.25) is 4.90 Å². The molecule has 2 rings (SSSR count). The van der Waals surface area contributed by atoms with Gasteiger partial charge in [0, 0.05) is 32.1 Å². The Hall–Kier alpha value is -0.870. The second-order valence-electron chi connectivity index (χ2n) is 5.06. The lowest BCUT2D eigenvalue weighted by molar-refractivity contribution is 0.106. The van der Waals surface area contributed by atoms with Crippen molar-refractivity contribution in [2.45, 2.75) is 39.8 Å². The van der Waals surface area contributed by atoms with E-state index in [1.807, 2.05) is 6.20 Å². The lowest BCUT2D eigenvalue weighted by Gasteiger charge is -2.37. The van der Waals surface area contributed by atoms with Crippen LogP contribution in [0.2, 0.25) is 0 Å². The highest BCUT2D eigenvalue weighted by molar-refractivity contribution is 4.95. The SMILES string of the molecule is CCc1cnc(CN2CCNCC2C(C)C)o1. The second kappa shape index (κ2) is 5.65. The molecule has 2 heterocycles. The third-order valence-corrected chi connectivity index (χ3v) is 3.46. The first kappa shape index (κ1) is 12.6. The number of rotatable bonds is 4. The molecule has 1 aliphatic heterocycles. The van der Waals surface area contributed by atoms with Crippen LogP contribution in [0.15, 0.2) is 10.6 Å². The number of aryl methyl sites for hydroxylation is 1. The van der Waals surface area contributed by atoms with Crippen LogP contribution in [0.1, 0.15) is 32.4 Å². The summed E-state index contributed by atoms with van der Waals surface area (Å²) < 4.78 is 5.69. The van der Waals surface area contributed by atoms with E-state index in [2.05, 4.69) is 36.0 Å². The van der Waals surface area contributed by atoms with Crippen LogP contribution in [-0.2, 0) is 13.0 Å². The number of aromatic nitrogens is 1. The molecule has 0 aliphatic carbocycles. The van der Waals surface area contributed by atoms with Crippen LogP contribution < -0.4 is 5.32 Å². The van der Waals surface area contributed by atoms with E-state index in [1.165, 1.54) is 0 Å². The van der Waals surface area contributed by atoms with Crippen molar-refractivity contribution in [3.8, 4) is 0 Å². The number of nitrogens with zero attached hydrogens (tertiary/aromatic N) is 2. The van der Waals surface area contributed by atoms with E-state index in [0.29, 0.717) is 12.0 Å². The number of hydrogen-bond donors (Lipinski definition) is 1. The van der Waals surface area contributed by atoms with Gasteiger partial charge in [0.15, 0.2) is 0 Å². The van der Waals surface area contributed by atoms with Crippen LogP contribution in [0.3, 0.4) is 0 Å². The Bertz CT molecular complexity index is 348. The summed E-state index contributed by atoms with van der Waals surface area (Å²) >= 11 is 0. The molecule has 0 saturated carbocycles. The molecule has 1 fully saturated rings. The van der Waals surface area contributed by atoms with Crippen molar-refractivity contribution in [2.75, 3.05) is 19.6 Å². The molecule has 4 heteroatoms. The van der Waals surface area contributed by atoms with Gasteiger partial charge in [0.05, 0.1) is 12.7 Å². The van der Waals surface area contributed by atoms with E-state index in [0.717, 1.165) is 44.3 Å². The minimum atomic E-state index is 0.584. The summed E-state index contributed by atoms with van der Waals surface area (Å²) in [6, 6.07) is 0.584. The van der Waals surface area contributed by atoms with E-state index in [4.69, 9.17) is 4.42 Å². The summed E-state index contributed by atoms with van der Waals surface area (Å²) in [6.07, 6.45) is 2.77. The molecule has 1 atom stereocenters. The molecular weight excluding hydrogens is 214 g/mol. The quantitative estimate of drug-likeness (QED) is 0.865. The molecule has 0 aromatic carbocycles. The molecule has 4 nitrogen and oxygen atoms in total. The Kier molecular flexibility index (Phi) is 4.18. The summed E-state index contributed by atoms with van der Waals surface area (Å²) in [5.74, 6) is 2.49. The van der Waals surface area contributed by atoms with Gasteiger partial charge >= 0.3 is 0 Å². The van der Waals surface area contributed by atoms with E-state index in [9.17, 15) is 0 Å². The molecule has 1 N–H and O–H groups in total. The fraction of sp³-hybridized carbons (Fsp3) is 0.769. The maximum absolute atomic E-state index is 5.69. The van der Waals surface area contributed by atoms with Gasteiger partial charge in [-0.1, -0.05) is 20.8 Å². The van der Waals surface area contributed by atoms with E-state index in [1.54, 1.807) is 0 Å². The zero-order chi connectivity index (χ0) is 12.3. The topological polar surface area (TPSA) is 41.3 Å². The average molecular weight is 237 g/mol.